The van der Waals surface area contributed by atoms with Gasteiger partial charge in [0.1, 0.15) is 7.14 Å². The van der Waals surface area contributed by atoms with Crippen LogP contribution in [0.4, 0.5) is 0 Å². The summed E-state index contributed by atoms with van der Waals surface area (Å²) in [6.45, 7) is 4.96. The quantitative estimate of drug-likeness (QED) is 0.536. The van der Waals surface area contributed by atoms with Crippen LogP contribution in [0.25, 0.3) is 0 Å². The lowest BCUT2D eigenvalue weighted by molar-refractivity contribution is 0.101. The van der Waals surface area contributed by atoms with Crippen LogP contribution >= 0.6 is 7.14 Å². The summed E-state index contributed by atoms with van der Waals surface area (Å²) in [5, 5.41) is 0.817. The zero-order valence-corrected chi connectivity index (χ0v) is 8.97. The Bertz CT molecular complexity index is 359. The first kappa shape index (κ1) is 10.2. The highest BCUT2D eigenvalue weighted by molar-refractivity contribution is 7.70. The van der Waals surface area contributed by atoms with Crippen molar-refractivity contribution in [3.8, 4) is 0 Å². The molecule has 0 N–H and O–H groups in total. The first-order valence-electron chi connectivity index (χ1n) is 4.08. The molecule has 0 spiro atoms. The van der Waals surface area contributed by atoms with Gasteiger partial charge in [0.2, 0.25) is 0 Å². The molecular formula is C10H13O2P. The fourth-order valence-corrected chi connectivity index (χ4v) is 1.92. The molecule has 0 heterocycles. The van der Waals surface area contributed by atoms with Gasteiger partial charge in [-0.2, -0.15) is 0 Å². The maximum Gasteiger partial charge on any atom is 0.159 e. The molecule has 1 aromatic rings. The average Bonchev–Trinajstić information content (AvgIpc) is 2.03. The van der Waals surface area contributed by atoms with Crippen molar-refractivity contribution in [3.05, 3.63) is 29.8 Å². The molecule has 1 aromatic carbocycles. The van der Waals surface area contributed by atoms with Crippen LogP contribution < -0.4 is 5.30 Å². The molecule has 2 nitrogen and oxygen atoms in total. The largest absolute Gasteiger partial charge is 0.319 e. The van der Waals surface area contributed by atoms with Crippen LogP contribution in [-0.2, 0) is 4.57 Å². The van der Waals surface area contributed by atoms with Crippen molar-refractivity contribution in [3.63, 3.8) is 0 Å². The lowest BCUT2D eigenvalue weighted by atomic mass is 10.2. The molecule has 3 heteroatoms. The van der Waals surface area contributed by atoms with Crippen molar-refractivity contribution in [1.82, 2.24) is 0 Å². The highest BCUT2D eigenvalue weighted by atomic mass is 31.2. The summed E-state index contributed by atoms with van der Waals surface area (Å²) < 4.78 is 11.6. The van der Waals surface area contributed by atoms with E-state index in [4.69, 9.17) is 0 Å². The molecule has 0 aliphatic carbocycles. The summed E-state index contributed by atoms with van der Waals surface area (Å²) >= 11 is 0. The van der Waals surface area contributed by atoms with Crippen molar-refractivity contribution >= 4 is 18.2 Å². The van der Waals surface area contributed by atoms with Gasteiger partial charge in [-0.15, -0.1) is 0 Å². The number of ketones is 1. The lowest BCUT2D eigenvalue weighted by Crippen LogP contribution is -2.03. The van der Waals surface area contributed by atoms with Gasteiger partial charge in [-0.3, -0.25) is 4.79 Å². The van der Waals surface area contributed by atoms with Gasteiger partial charge in [-0.05, 0) is 20.3 Å². The topological polar surface area (TPSA) is 34.1 Å². The predicted octanol–water partition coefficient (Wildman–Crippen LogP) is 2.14. The zero-order chi connectivity index (χ0) is 10.1. The van der Waals surface area contributed by atoms with Crippen molar-refractivity contribution < 1.29 is 9.36 Å². The molecule has 0 saturated carbocycles. The van der Waals surface area contributed by atoms with Crippen LogP contribution in [0.2, 0.25) is 0 Å². The maximum atomic E-state index is 11.6. The number of carbonyl (C=O) groups excluding carboxylic acids is 1. The third-order valence-electron chi connectivity index (χ3n) is 1.90. The Morgan fingerprint density at radius 3 is 1.92 bits per heavy atom. The minimum Gasteiger partial charge on any atom is -0.319 e. The molecule has 0 aliphatic heterocycles. The van der Waals surface area contributed by atoms with Gasteiger partial charge in [0.05, 0.1) is 0 Å². The van der Waals surface area contributed by atoms with Crippen molar-refractivity contribution in [2.45, 2.75) is 6.92 Å². The summed E-state index contributed by atoms with van der Waals surface area (Å²) in [7, 11) is -2.18. The van der Waals surface area contributed by atoms with Crippen molar-refractivity contribution in [2.75, 3.05) is 13.3 Å². The Morgan fingerprint density at radius 1 is 1.15 bits per heavy atom. The minimum atomic E-state index is -2.18. The maximum absolute atomic E-state index is 11.6. The van der Waals surface area contributed by atoms with Crippen molar-refractivity contribution in [2.24, 2.45) is 0 Å². The molecule has 0 amide bonds. The standard InChI is InChI=1S/C10H13O2P/c1-8(11)9-4-6-10(7-5-9)13(2,3)12/h4-7H,1-3H3. The second-order valence-electron chi connectivity index (χ2n) is 3.45. The van der Waals surface area contributed by atoms with Gasteiger partial charge >= 0.3 is 0 Å². The Balaban J connectivity index is 3.08. The Hall–Kier alpha value is -0.880. The zero-order valence-electron chi connectivity index (χ0n) is 8.07. The van der Waals surface area contributed by atoms with Crippen LogP contribution in [0, 0.1) is 0 Å². The van der Waals surface area contributed by atoms with E-state index in [9.17, 15) is 9.36 Å². The fraction of sp³-hybridized carbons (Fsp3) is 0.300. The van der Waals surface area contributed by atoms with Gasteiger partial charge in [0.25, 0.3) is 0 Å². The van der Waals surface area contributed by atoms with Gasteiger partial charge in [-0.25, -0.2) is 0 Å². The molecule has 0 aromatic heterocycles. The van der Waals surface area contributed by atoms with E-state index >= 15 is 0 Å². The first-order chi connectivity index (χ1) is 5.91. The second kappa shape index (κ2) is 3.47. The molecule has 0 aliphatic rings. The molecule has 70 valence electrons. The molecular weight excluding hydrogens is 183 g/mol. The van der Waals surface area contributed by atoms with E-state index < -0.39 is 7.14 Å². The number of hydrogen-bond donors (Lipinski definition) is 0. The molecule has 0 atom stereocenters. The van der Waals surface area contributed by atoms with E-state index in [1.54, 1.807) is 37.6 Å². The SMILES string of the molecule is CC(=O)c1ccc(P(C)(C)=O)cc1. The van der Waals surface area contributed by atoms with Gasteiger partial charge in [0.15, 0.2) is 5.78 Å². The molecule has 0 unspecified atom stereocenters. The number of rotatable bonds is 2. The normalized spacial score (nSPS) is 11.3. The lowest BCUT2D eigenvalue weighted by Gasteiger charge is -2.06. The third-order valence-corrected chi connectivity index (χ3v) is 3.44. The molecule has 0 saturated heterocycles. The molecule has 0 bridgehead atoms. The van der Waals surface area contributed by atoms with E-state index in [2.05, 4.69) is 0 Å². The average molecular weight is 196 g/mol. The van der Waals surface area contributed by atoms with Crippen LogP contribution in [-0.4, -0.2) is 19.1 Å². The number of hydrogen-bond acceptors (Lipinski definition) is 2. The molecule has 13 heavy (non-hydrogen) atoms. The Morgan fingerprint density at radius 2 is 1.62 bits per heavy atom. The highest BCUT2D eigenvalue weighted by Gasteiger charge is 2.10. The van der Waals surface area contributed by atoms with E-state index in [1.165, 1.54) is 6.92 Å². The number of benzene rings is 1. The van der Waals surface area contributed by atoms with Gasteiger partial charge in [-0.1, -0.05) is 24.3 Å². The molecule has 0 radical (unpaired) electrons. The Kier molecular flexibility index (Phi) is 2.72. The number of carbonyl (C=O) groups is 1. The summed E-state index contributed by atoms with van der Waals surface area (Å²) in [4.78, 5) is 10.9. The molecule has 1 rings (SSSR count). The summed E-state index contributed by atoms with van der Waals surface area (Å²) in [6.07, 6.45) is 0. The summed E-state index contributed by atoms with van der Waals surface area (Å²) in [5.41, 5.74) is 0.664. The van der Waals surface area contributed by atoms with Gasteiger partial charge < -0.3 is 4.57 Å². The van der Waals surface area contributed by atoms with E-state index in [0.717, 1.165) is 5.30 Å². The number of Topliss-reactive ketones (excluding diaryl/α,β-unsaturated/α-hetero) is 1. The van der Waals surface area contributed by atoms with Crippen LogP contribution in [0.3, 0.4) is 0 Å². The predicted molar refractivity (Wildman–Crippen MR) is 55.5 cm³/mol. The fourth-order valence-electron chi connectivity index (χ4n) is 1.06. The van der Waals surface area contributed by atoms with Gasteiger partial charge in [0, 0.05) is 10.9 Å². The summed E-state index contributed by atoms with van der Waals surface area (Å²) in [5.74, 6) is 0.0357. The van der Waals surface area contributed by atoms with Crippen LogP contribution in [0.15, 0.2) is 24.3 Å². The van der Waals surface area contributed by atoms with E-state index in [0.29, 0.717) is 5.56 Å². The van der Waals surface area contributed by atoms with Crippen LogP contribution in [0.5, 0.6) is 0 Å². The summed E-state index contributed by atoms with van der Waals surface area (Å²) in [6, 6.07) is 6.96. The molecule has 0 fully saturated rings. The second-order valence-corrected chi connectivity index (χ2v) is 6.67. The third kappa shape index (κ3) is 2.53. The van der Waals surface area contributed by atoms with E-state index in [-0.39, 0.29) is 5.78 Å². The van der Waals surface area contributed by atoms with Crippen LogP contribution in [0.1, 0.15) is 17.3 Å². The Labute approximate surface area is 78.3 Å². The van der Waals surface area contributed by atoms with Crippen molar-refractivity contribution in [1.29, 1.82) is 0 Å². The van der Waals surface area contributed by atoms with E-state index in [1.807, 2.05) is 0 Å². The smallest absolute Gasteiger partial charge is 0.159 e. The monoisotopic (exact) mass is 196 g/mol. The first-order valence-corrected chi connectivity index (χ1v) is 6.68. The minimum absolute atomic E-state index is 0.0357. The highest BCUT2D eigenvalue weighted by Crippen LogP contribution is 2.34.